The number of carbonyl (C=O) groups is 3. The minimum Gasteiger partial charge on any atom is -0.376 e. The Labute approximate surface area is 136 Å². The molecule has 0 aliphatic rings. The summed E-state index contributed by atoms with van der Waals surface area (Å²) in [5.41, 5.74) is 1.51. The van der Waals surface area contributed by atoms with Gasteiger partial charge in [0, 0.05) is 23.8 Å². The minimum atomic E-state index is -0.542. The van der Waals surface area contributed by atoms with E-state index in [0.717, 1.165) is 5.56 Å². The van der Waals surface area contributed by atoms with Crippen molar-refractivity contribution in [3.8, 4) is 0 Å². The third-order valence-electron chi connectivity index (χ3n) is 2.99. The smallest absolute Gasteiger partial charge is 0.321 e. The lowest BCUT2D eigenvalue weighted by molar-refractivity contribution is -0.118. The zero-order valence-electron chi connectivity index (χ0n) is 14.2. The van der Waals surface area contributed by atoms with E-state index in [1.54, 1.807) is 32.2 Å². The van der Waals surface area contributed by atoms with Crippen LogP contribution in [0.5, 0.6) is 0 Å². The topological polar surface area (TPSA) is 99.3 Å². The Bertz CT molecular complexity index is 606. The van der Waals surface area contributed by atoms with Crippen LogP contribution in [0, 0.1) is 6.92 Å². The van der Waals surface area contributed by atoms with E-state index in [1.165, 1.54) is 0 Å². The van der Waals surface area contributed by atoms with Gasteiger partial charge in [0.1, 0.15) is 0 Å². The van der Waals surface area contributed by atoms with E-state index in [-0.39, 0.29) is 12.5 Å². The summed E-state index contributed by atoms with van der Waals surface area (Å²) in [7, 11) is 1.56. The lowest BCUT2D eigenvalue weighted by Crippen LogP contribution is -2.49. The fourth-order valence-electron chi connectivity index (χ4n) is 1.93. The van der Waals surface area contributed by atoms with Gasteiger partial charge in [0.15, 0.2) is 0 Å². The fourth-order valence-corrected chi connectivity index (χ4v) is 1.93. The summed E-state index contributed by atoms with van der Waals surface area (Å²) in [6, 6.07) is 4.66. The summed E-state index contributed by atoms with van der Waals surface area (Å²) < 4.78 is 0. The molecule has 7 nitrogen and oxygen atoms in total. The maximum Gasteiger partial charge on any atom is 0.321 e. The highest BCUT2D eigenvalue weighted by Gasteiger charge is 2.16. The van der Waals surface area contributed by atoms with Crippen molar-refractivity contribution >= 4 is 23.5 Å². The fraction of sp³-hybridized carbons (Fsp3) is 0.438. The summed E-state index contributed by atoms with van der Waals surface area (Å²) in [4.78, 5) is 35.1. The van der Waals surface area contributed by atoms with Crippen LogP contribution in [0.1, 0.15) is 36.7 Å². The van der Waals surface area contributed by atoms with Crippen LogP contribution in [0.15, 0.2) is 18.2 Å². The number of carbonyl (C=O) groups excluding carboxylic acids is 3. The number of hydrogen-bond acceptors (Lipinski definition) is 4. The lowest BCUT2D eigenvalue weighted by Gasteiger charge is -2.20. The Morgan fingerprint density at radius 2 is 1.78 bits per heavy atom. The van der Waals surface area contributed by atoms with Gasteiger partial charge in [-0.15, -0.1) is 0 Å². The molecule has 126 valence electrons. The molecule has 0 heterocycles. The van der Waals surface area contributed by atoms with Crippen LogP contribution in [0.2, 0.25) is 0 Å². The third kappa shape index (κ3) is 5.98. The zero-order valence-corrected chi connectivity index (χ0v) is 14.2. The van der Waals surface area contributed by atoms with Gasteiger partial charge in [0.2, 0.25) is 5.91 Å². The normalized spacial score (nSPS) is 10.7. The van der Waals surface area contributed by atoms with E-state index >= 15 is 0 Å². The molecule has 0 unspecified atom stereocenters. The Morgan fingerprint density at radius 3 is 2.35 bits per heavy atom. The van der Waals surface area contributed by atoms with Gasteiger partial charge in [-0.2, -0.15) is 0 Å². The molecule has 4 N–H and O–H groups in total. The molecule has 23 heavy (non-hydrogen) atoms. The van der Waals surface area contributed by atoms with Crippen molar-refractivity contribution in [1.29, 1.82) is 0 Å². The second-order valence-corrected chi connectivity index (χ2v) is 6.16. The summed E-state index contributed by atoms with van der Waals surface area (Å²) >= 11 is 0. The summed E-state index contributed by atoms with van der Waals surface area (Å²) in [5.74, 6) is -0.656. The molecule has 0 spiro atoms. The molecule has 0 bridgehead atoms. The van der Waals surface area contributed by atoms with Crippen molar-refractivity contribution in [2.45, 2.75) is 33.2 Å². The molecule has 0 radical (unpaired) electrons. The van der Waals surface area contributed by atoms with Gasteiger partial charge in [-0.1, -0.05) is 6.07 Å². The van der Waals surface area contributed by atoms with Crippen molar-refractivity contribution in [3.05, 3.63) is 29.3 Å². The molecule has 0 saturated carbocycles. The first kappa shape index (κ1) is 18.5. The minimum absolute atomic E-state index is 0.0738. The molecule has 1 aromatic rings. The van der Waals surface area contributed by atoms with Gasteiger partial charge in [0.05, 0.1) is 6.54 Å². The third-order valence-corrected chi connectivity index (χ3v) is 2.99. The Kier molecular flexibility index (Phi) is 6.12. The van der Waals surface area contributed by atoms with Crippen molar-refractivity contribution in [2.24, 2.45) is 0 Å². The van der Waals surface area contributed by atoms with E-state index in [1.807, 2.05) is 20.8 Å². The van der Waals surface area contributed by atoms with Crippen molar-refractivity contribution in [3.63, 3.8) is 0 Å². The molecule has 0 atom stereocenters. The Balaban J connectivity index is 2.63. The van der Waals surface area contributed by atoms with Crippen molar-refractivity contribution in [2.75, 3.05) is 18.9 Å². The molecule has 1 rings (SSSR count). The molecule has 0 fully saturated rings. The molecule has 1 aromatic carbocycles. The first-order valence-corrected chi connectivity index (χ1v) is 7.31. The van der Waals surface area contributed by atoms with Gasteiger partial charge in [-0.05, 0) is 45.4 Å². The number of benzene rings is 1. The van der Waals surface area contributed by atoms with Gasteiger partial charge in [-0.3, -0.25) is 14.9 Å². The van der Waals surface area contributed by atoms with Gasteiger partial charge in [0.25, 0.3) is 5.91 Å². The SMILES string of the molecule is CNC(=O)c1cccc(NCC(=O)NC(=O)NC(C)(C)C)c1C. The van der Waals surface area contributed by atoms with E-state index in [0.29, 0.717) is 11.3 Å². The highest BCUT2D eigenvalue weighted by atomic mass is 16.2. The largest absolute Gasteiger partial charge is 0.376 e. The summed E-state index contributed by atoms with van der Waals surface area (Å²) in [6.07, 6.45) is 0. The number of anilines is 1. The Hall–Kier alpha value is -2.57. The molecule has 7 heteroatoms. The van der Waals surface area contributed by atoms with Crippen LogP contribution in [0.4, 0.5) is 10.5 Å². The van der Waals surface area contributed by atoms with Crippen molar-refractivity contribution in [1.82, 2.24) is 16.0 Å². The van der Waals surface area contributed by atoms with Crippen molar-refractivity contribution < 1.29 is 14.4 Å². The van der Waals surface area contributed by atoms with Gasteiger partial charge >= 0.3 is 6.03 Å². The highest BCUT2D eigenvalue weighted by Crippen LogP contribution is 2.18. The van der Waals surface area contributed by atoms with Crippen LogP contribution < -0.4 is 21.3 Å². The monoisotopic (exact) mass is 320 g/mol. The van der Waals surface area contributed by atoms with E-state index in [4.69, 9.17) is 0 Å². The molecular formula is C16H24N4O3. The molecule has 0 aromatic heterocycles. The lowest BCUT2D eigenvalue weighted by atomic mass is 10.1. The first-order chi connectivity index (χ1) is 10.6. The number of imide groups is 1. The van der Waals surface area contributed by atoms with E-state index < -0.39 is 17.5 Å². The predicted octanol–water partition coefficient (Wildman–Crippen LogP) is 1.39. The predicted molar refractivity (Wildman–Crippen MR) is 89.5 cm³/mol. The highest BCUT2D eigenvalue weighted by molar-refractivity contribution is 5.98. The van der Waals surface area contributed by atoms with Crippen LogP contribution in [0.3, 0.4) is 0 Å². The molecule has 4 amide bonds. The molecular weight excluding hydrogens is 296 g/mol. The van der Waals surface area contributed by atoms with E-state index in [2.05, 4.69) is 21.3 Å². The first-order valence-electron chi connectivity index (χ1n) is 7.31. The van der Waals surface area contributed by atoms with Crippen LogP contribution >= 0.6 is 0 Å². The number of hydrogen-bond donors (Lipinski definition) is 4. The molecule has 0 saturated heterocycles. The average Bonchev–Trinajstić information content (AvgIpc) is 2.43. The maximum atomic E-state index is 11.8. The Morgan fingerprint density at radius 1 is 1.13 bits per heavy atom. The maximum absolute atomic E-state index is 11.8. The van der Waals surface area contributed by atoms with E-state index in [9.17, 15) is 14.4 Å². The average molecular weight is 320 g/mol. The molecule has 0 aliphatic carbocycles. The second-order valence-electron chi connectivity index (χ2n) is 6.16. The quantitative estimate of drug-likeness (QED) is 0.673. The van der Waals surface area contributed by atoms with Gasteiger partial charge < -0.3 is 16.0 Å². The standard InChI is InChI=1S/C16H24N4O3/c1-10-11(14(22)17-5)7-6-8-12(10)18-9-13(21)19-15(23)20-16(2,3)4/h6-8,18H,9H2,1-5H3,(H,17,22)(H2,19,20,21,23). The van der Waals surface area contributed by atoms with Crippen LogP contribution in [-0.4, -0.2) is 37.0 Å². The number of urea groups is 1. The number of nitrogens with one attached hydrogen (secondary N) is 4. The molecule has 0 aliphatic heterocycles. The van der Waals surface area contributed by atoms with Gasteiger partial charge in [-0.25, -0.2) is 4.79 Å². The second kappa shape index (κ2) is 7.62. The summed E-state index contributed by atoms with van der Waals surface area (Å²) in [5, 5.41) is 10.4. The van der Waals surface area contributed by atoms with Crippen LogP contribution in [-0.2, 0) is 4.79 Å². The summed E-state index contributed by atoms with van der Waals surface area (Å²) in [6.45, 7) is 7.18. The number of rotatable bonds is 4. The number of amides is 4. The zero-order chi connectivity index (χ0) is 17.6. The van der Waals surface area contributed by atoms with Crippen LogP contribution in [0.25, 0.3) is 0 Å².